The van der Waals surface area contributed by atoms with E-state index in [1.165, 1.54) is 0 Å². The minimum absolute atomic E-state index is 0.0731. The molecule has 0 spiro atoms. The zero-order valence-corrected chi connectivity index (χ0v) is 8.50. The van der Waals surface area contributed by atoms with Crippen molar-refractivity contribution in [3.05, 3.63) is 29.8 Å². The first-order chi connectivity index (χ1) is 13.6. The molecule has 0 aromatic heterocycles. The zero-order chi connectivity index (χ0) is 24.4. The fraction of sp³-hybridized carbons (Fsp3) is 0.429. The van der Waals surface area contributed by atoms with Crippen molar-refractivity contribution >= 4 is 6.05 Å². The van der Waals surface area contributed by atoms with Crippen LogP contribution < -0.4 is 9.47 Å². The summed E-state index contributed by atoms with van der Waals surface area (Å²) in [6.07, 6.45) is -4.09. The van der Waals surface area contributed by atoms with Crippen LogP contribution in [0.25, 0.3) is 6.05 Å². The molecule has 1 N–H and O–H groups in total. The lowest BCUT2D eigenvalue weighted by Crippen LogP contribution is -2.23. The molecule has 1 aromatic rings. The lowest BCUT2D eigenvalue weighted by Gasteiger charge is -2.22. The van der Waals surface area contributed by atoms with Gasteiger partial charge in [0, 0.05) is 12.3 Å². The minimum Gasteiger partial charge on any atom is -0.454 e. The predicted molar refractivity (Wildman–Crippen MR) is 67.1 cm³/mol. The second-order valence-corrected chi connectivity index (χ2v) is 3.30. The standard InChI is InChI=1S/C14H18O3/c1-14(2,3)13(15)7-5-10-4-6-11-12(8-10)17-9-16-11/h4-8,13,15H,9H2,1-3H3/b7-5+/i1D3,2D3,3D3,5D,7D,9D2,13D. The Hall–Kier alpha value is -1.48. The summed E-state index contributed by atoms with van der Waals surface area (Å²) in [6.45, 7) is -14.4. The maximum atomic E-state index is 10.7. The van der Waals surface area contributed by atoms with Gasteiger partial charge in [-0.05, 0) is 23.1 Å². The van der Waals surface area contributed by atoms with Gasteiger partial charge in [0.2, 0.25) is 6.75 Å². The smallest absolute Gasteiger partial charge is 0.231 e. The van der Waals surface area contributed by atoms with Crippen LogP contribution >= 0.6 is 0 Å². The summed E-state index contributed by atoms with van der Waals surface area (Å²) in [6, 6.07) is 0.522. The Morgan fingerprint density at radius 2 is 2.29 bits per heavy atom. The molecular weight excluding hydrogens is 216 g/mol. The van der Waals surface area contributed by atoms with Crippen LogP contribution in [0.2, 0.25) is 0 Å². The molecule has 2 rings (SSSR count). The van der Waals surface area contributed by atoms with E-state index in [4.69, 9.17) is 28.7 Å². The van der Waals surface area contributed by atoms with Crippen molar-refractivity contribution in [2.45, 2.75) is 26.6 Å². The third kappa shape index (κ3) is 2.80. The first-order valence-corrected chi connectivity index (χ1v) is 4.53. The van der Waals surface area contributed by atoms with Gasteiger partial charge in [0.05, 0.1) is 10.2 Å². The molecule has 0 bridgehead atoms. The van der Waals surface area contributed by atoms with Crippen LogP contribution in [0.1, 0.15) is 45.3 Å². The van der Waals surface area contributed by atoms with Crippen molar-refractivity contribution in [1.29, 1.82) is 0 Å². The molecule has 0 aliphatic carbocycles. The van der Waals surface area contributed by atoms with Gasteiger partial charge in [0.25, 0.3) is 0 Å². The normalized spacial score (nSPS) is 36.8. The van der Waals surface area contributed by atoms with Crippen LogP contribution in [0.3, 0.4) is 0 Å². The molecule has 1 heterocycles. The minimum atomic E-state index is -4.13. The highest BCUT2D eigenvalue weighted by Crippen LogP contribution is 2.33. The first-order valence-electron chi connectivity index (χ1n) is 11.5. The highest BCUT2D eigenvalue weighted by atomic mass is 16.7. The van der Waals surface area contributed by atoms with Crippen molar-refractivity contribution in [3.63, 3.8) is 0 Å². The molecule has 3 heteroatoms. The molecule has 3 nitrogen and oxygen atoms in total. The Morgan fingerprint density at radius 1 is 1.53 bits per heavy atom. The summed E-state index contributed by atoms with van der Waals surface area (Å²) in [4.78, 5) is 0. The molecule has 0 radical (unpaired) electrons. The summed E-state index contributed by atoms with van der Waals surface area (Å²) >= 11 is 0. The Balaban J connectivity index is 2.75. The van der Waals surface area contributed by atoms with Crippen molar-refractivity contribution in [3.8, 4) is 11.5 Å². The van der Waals surface area contributed by atoms with Gasteiger partial charge in [-0.3, -0.25) is 0 Å². The molecular formula is C14H18O3. The maximum absolute atomic E-state index is 10.7. The maximum Gasteiger partial charge on any atom is 0.231 e. The van der Waals surface area contributed by atoms with Crippen LogP contribution in [0.4, 0.5) is 0 Å². The summed E-state index contributed by atoms with van der Waals surface area (Å²) in [5.74, 6) is -0.293. The molecule has 0 saturated heterocycles. The molecule has 1 aromatic carbocycles. The van der Waals surface area contributed by atoms with E-state index in [1.807, 2.05) is 0 Å². The first kappa shape index (κ1) is 3.51. The molecule has 1 atom stereocenters. The van der Waals surface area contributed by atoms with Crippen LogP contribution in [0.15, 0.2) is 24.3 Å². The van der Waals surface area contributed by atoms with Gasteiger partial charge >= 0.3 is 0 Å². The third-order valence-electron chi connectivity index (χ3n) is 1.93. The SMILES string of the molecule is [2H]/C(=C(/[2H])C([2H])(O)C(C([2H])([2H])[2H])(C([2H])([2H])[2H])C([2H])([2H])[2H])c1ccc2c(c1)OC([2H])([2H])O2. The van der Waals surface area contributed by atoms with E-state index in [0.717, 1.165) is 18.2 Å². The summed E-state index contributed by atoms with van der Waals surface area (Å²) in [5.41, 5.74) is -4.44. The molecule has 1 unspecified atom stereocenters. The Bertz CT molecular complexity index is 857. The van der Waals surface area contributed by atoms with Crippen LogP contribution in [0.5, 0.6) is 11.5 Å². The quantitative estimate of drug-likeness (QED) is 0.874. The fourth-order valence-corrected chi connectivity index (χ4v) is 1.09. The number of rotatable bonds is 2. The van der Waals surface area contributed by atoms with Gasteiger partial charge < -0.3 is 14.6 Å². The molecule has 0 saturated carbocycles. The summed E-state index contributed by atoms with van der Waals surface area (Å²) in [7, 11) is 0. The van der Waals surface area contributed by atoms with Crippen molar-refractivity contribution in [1.82, 2.24) is 0 Å². The molecule has 1 aliphatic rings. The van der Waals surface area contributed by atoms with Crippen LogP contribution in [-0.4, -0.2) is 17.9 Å². The van der Waals surface area contributed by atoms with Gasteiger partial charge in [-0.25, -0.2) is 0 Å². The summed E-state index contributed by atoms with van der Waals surface area (Å²) < 4.78 is 117. The van der Waals surface area contributed by atoms with Gasteiger partial charge in [-0.15, -0.1) is 0 Å². The van der Waals surface area contributed by atoms with Crippen LogP contribution in [0, 0.1) is 5.41 Å². The second-order valence-electron chi connectivity index (χ2n) is 3.30. The van der Waals surface area contributed by atoms with E-state index in [0.29, 0.717) is 0 Å². The Kier molecular flexibility index (Phi) is 0.912. The van der Waals surface area contributed by atoms with E-state index < -0.39 is 50.9 Å². The monoisotopic (exact) mass is 248 g/mol. The lowest BCUT2D eigenvalue weighted by atomic mass is 9.89. The highest BCUT2D eigenvalue weighted by molar-refractivity contribution is 5.56. The zero-order valence-electron chi connectivity index (χ0n) is 22.5. The number of fused-ring (bicyclic) bond motifs is 1. The molecule has 0 amide bonds. The predicted octanol–water partition coefficient (Wildman–Crippen LogP) is 2.84. The number of ether oxygens (including phenoxy) is 2. The molecule has 92 valence electrons. The third-order valence-corrected chi connectivity index (χ3v) is 1.93. The van der Waals surface area contributed by atoms with E-state index in [1.54, 1.807) is 0 Å². The number of hydrogen-bond donors (Lipinski definition) is 1. The lowest BCUT2D eigenvalue weighted by molar-refractivity contribution is 0.106. The number of aliphatic hydroxyl groups is 1. The van der Waals surface area contributed by atoms with Crippen molar-refractivity contribution < 1.29 is 33.8 Å². The molecule has 0 fully saturated rings. The average molecular weight is 248 g/mol. The average Bonchev–Trinajstić information content (AvgIpc) is 2.81. The largest absolute Gasteiger partial charge is 0.454 e. The Labute approximate surface area is 121 Å². The van der Waals surface area contributed by atoms with Crippen molar-refractivity contribution in [2.24, 2.45) is 5.41 Å². The number of hydrogen-bond acceptors (Lipinski definition) is 3. The second kappa shape index (κ2) is 4.41. The van der Waals surface area contributed by atoms with E-state index in [-0.39, 0.29) is 17.1 Å². The highest BCUT2D eigenvalue weighted by Gasteiger charge is 2.19. The van der Waals surface area contributed by atoms with Gasteiger partial charge in [0.1, 0.15) is 2.74 Å². The fourth-order valence-electron chi connectivity index (χ4n) is 1.09. The van der Waals surface area contributed by atoms with E-state index in [2.05, 4.69) is 0 Å². The summed E-state index contributed by atoms with van der Waals surface area (Å²) in [5, 5.41) is 10.7. The van der Waals surface area contributed by atoms with E-state index in [9.17, 15) is 5.11 Å². The van der Waals surface area contributed by atoms with Gasteiger partial charge in [0.15, 0.2) is 11.5 Å². The van der Waals surface area contributed by atoms with Crippen LogP contribution in [-0.2, 0) is 0 Å². The topological polar surface area (TPSA) is 38.7 Å². The Morgan fingerprint density at radius 3 is 3.06 bits per heavy atom. The van der Waals surface area contributed by atoms with Gasteiger partial charge in [-0.1, -0.05) is 38.7 Å². The van der Waals surface area contributed by atoms with E-state index >= 15 is 0 Å². The van der Waals surface area contributed by atoms with Crippen molar-refractivity contribution in [2.75, 3.05) is 6.75 Å². The molecule has 1 aliphatic heterocycles. The molecule has 17 heavy (non-hydrogen) atoms. The number of benzene rings is 1. The van der Waals surface area contributed by atoms with Gasteiger partial charge in [-0.2, -0.15) is 0 Å².